The fraction of sp³-hybridized carbons (Fsp3) is 0.727. The van der Waals surface area contributed by atoms with Gasteiger partial charge in [-0.1, -0.05) is 5.16 Å². The Morgan fingerprint density at radius 1 is 1.39 bits per heavy atom. The molecule has 0 spiro atoms. The molecule has 0 aliphatic carbocycles. The molecule has 0 saturated carbocycles. The number of carbonyl (C=O) groups excluding carboxylic acids is 1. The molecule has 1 saturated heterocycles. The molecule has 2 rings (SSSR count). The Labute approximate surface area is 106 Å². The van der Waals surface area contributed by atoms with Crippen molar-refractivity contribution in [2.75, 3.05) is 33.3 Å². The molecule has 0 unspecified atom stereocenters. The molecular weight excluding hydrogens is 236 g/mol. The van der Waals surface area contributed by atoms with Crippen molar-refractivity contribution in [1.82, 2.24) is 19.9 Å². The lowest BCUT2D eigenvalue weighted by molar-refractivity contribution is -0.130. The third kappa shape index (κ3) is 3.27. The number of methoxy groups -OCH3 is 1. The van der Waals surface area contributed by atoms with Crippen LogP contribution in [-0.2, 0) is 22.7 Å². The maximum Gasteiger partial charge on any atom is 0.252 e. The molecule has 7 heteroatoms. The monoisotopic (exact) mass is 254 g/mol. The first-order valence-corrected chi connectivity index (χ1v) is 5.97. The van der Waals surface area contributed by atoms with Gasteiger partial charge in [0.25, 0.3) is 5.89 Å². The van der Waals surface area contributed by atoms with Gasteiger partial charge < -0.3 is 14.2 Å². The summed E-state index contributed by atoms with van der Waals surface area (Å²) in [7, 11) is 1.59. The molecule has 1 amide bonds. The van der Waals surface area contributed by atoms with Crippen LogP contribution < -0.4 is 0 Å². The molecule has 0 bridgehead atoms. The van der Waals surface area contributed by atoms with Crippen LogP contribution in [0.5, 0.6) is 0 Å². The summed E-state index contributed by atoms with van der Waals surface area (Å²) in [6.07, 6.45) is 0. The number of amides is 1. The largest absolute Gasteiger partial charge is 0.375 e. The molecule has 1 fully saturated rings. The van der Waals surface area contributed by atoms with Crippen LogP contribution in [0.3, 0.4) is 0 Å². The zero-order valence-corrected chi connectivity index (χ0v) is 10.8. The van der Waals surface area contributed by atoms with E-state index in [1.165, 1.54) is 0 Å². The normalized spacial score (nSPS) is 17.1. The molecule has 1 aromatic heterocycles. The number of hydrogen-bond donors (Lipinski definition) is 0. The van der Waals surface area contributed by atoms with Gasteiger partial charge in [0.05, 0.1) is 6.54 Å². The van der Waals surface area contributed by atoms with Gasteiger partial charge in [-0.2, -0.15) is 4.98 Å². The van der Waals surface area contributed by atoms with Crippen LogP contribution in [0.25, 0.3) is 0 Å². The zero-order valence-electron chi connectivity index (χ0n) is 10.8. The molecule has 7 nitrogen and oxygen atoms in total. The summed E-state index contributed by atoms with van der Waals surface area (Å²) in [5.74, 6) is 1.30. The lowest BCUT2D eigenvalue weighted by Crippen LogP contribution is -2.47. The highest BCUT2D eigenvalue weighted by Crippen LogP contribution is 2.07. The van der Waals surface area contributed by atoms with Gasteiger partial charge in [0.1, 0.15) is 6.61 Å². The van der Waals surface area contributed by atoms with E-state index in [1.807, 2.05) is 4.90 Å². The van der Waals surface area contributed by atoms with E-state index in [9.17, 15) is 4.79 Å². The minimum absolute atomic E-state index is 0.136. The number of piperazine rings is 1. The van der Waals surface area contributed by atoms with Crippen molar-refractivity contribution in [3.8, 4) is 0 Å². The first-order chi connectivity index (χ1) is 8.69. The standard InChI is InChI=1S/C11H18N4O3/c1-9(16)15-5-3-14(4-6-15)7-10-12-11(8-17-2)18-13-10/h3-8H2,1-2H3. The third-order valence-corrected chi connectivity index (χ3v) is 2.96. The van der Waals surface area contributed by atoms with Crippen molar-refractivity contribution in [3.05, 3.63) is 11.7 Å². The Bertz CT molecular complexity index is 399. The Balaban J connectivity index is 1.81. The van der Waals surface area contributed by atoms with Crippen molar-refractivity contribution in [3.63, 3.8) is 0 Å². The van der Waals surface area contributed by atoms with E-state index in [4.69, 9.17) is 9.26 Å². The number of aromatic nitrogens is 2. The minimum Gasteiger partial charge on any atom is -0.375 e. The van der Waals surface area contributed by atoms with Gasteiger partial charge in [-0.05, 0) is 0 Å². The Morgan fingerprint density at radius 2 is 2.11 bits per heavy atom. The van der Waals surface area contributed by atoms with Gasteiger partial charge in [-0.25, -0.2) is 0 Å². The van der Waals surface area contributed by atoms with E-state index in [-0.39, 0.29) is 5.91 Å². The summed E-state index contributed by atoms with van der Waals surface area (Å²) in [5, 5.41) is 3.89. The maximum absolute atomic E-state index is 11.2. The summed E-state index contributed by atoms with van der Waals surface area (Å²) in [6.45, 7) is 5.80. The van der Waals surface area contributed by atoms with Crippen molar-refractivity contribution in [2.45, 2.75) is 20.1 Å². The van der Waals surface area contributed by atoms with Crippen LogP contribution in [0, 0.1) is 0 Å². The average molecular weight is 254 g/mol. The second-order valence-electron chi connectivity index (χ2n) is 4.32. The molecule has 0 atom stereocenters. The summed E-state index contributed by atoms with van der Waals surface area (Å²) in [6, 6.07) is 0. The number of hydrogen-bond acceptors (Lipinski definition) is 6. The highest BCUT2D eigenvalue weighted by Gasteiger charge is 2.20. The van der Waals surface area contributed by atoms with Gasteiger partial charge >= 0.3 is 0 Å². The topological polar surface area (TPSA) is 71.7 Å². The first kappa shape index (κ1) is 13.0. The molecule has 1 aliphatic heterocycles. The number of carbonyl (C=O) groups is 1. The number of nitrogens with zero attached hydrogens (tertiary/aromatic N) is 4. The smallest absolute Gasteiger partial charge is 0.252 e. The summed E-state index contributed by atoms with van der Waals surface area (Å²) < 4.78 is 9.95. The highest BCUT2D eigenvalue weighted by atomic mass is 16.5. The van der Waals surface area contributed by atoms with Crippen LogP contribution in [0.2, 0.25) is 0 Å². The lowest BCUT2D eigenvalue weighted by atomic mass is 10.3. The maximum atomic E-state index is 11.2. The number of rotatable bonds is 4. The number of ether oxygens (including phenoxy) is 1. The SMILES string of the molecule is COCc1nc(CN2CCN(C(C)=O)CC2)no1. The molecule has 2 heterocycles. The predicted molar refractivity (Wildman–Crippen MR) is 62.5 cm³/mol. The second-order valence-corrected chi connectivity index (χ2v) is 4.32. The van der Waals surface area contributed by atoms with Gasteiger partial charge in [0.2, 0.25) is 5.91 Å². The highest BCUT2D eigenvalue weighted by molar-refractivity contribution is 5.73. The van der Waals surface area contributed by atoms with Crippen molar-refractivity contribution in [2.24, 2.45) is 0 Å². The van der Waals surface area contributed by atoms with E-state index in [1.54, 1.807) is 14.0 Å². The van der Waals surface area contributed by atoms with E-state index >= 15 is 0 Å². The first-order valence-electron chi connectivity index (χ1n) is 5.97. The quantitative estimate of drug-likeness (QED) is 0.746. The second kappa shape index (κ2) is 5.92. The van der Waals surface area contributed by atoms with Gasteiger partial charge in [-0.15, -0.1) is 0 Å². The van der Waals surface area contributed by atoms with Crippen LogP contribution in [0.1, 0.15) is 18.6 Å². The van der Waals surface area contributed by atoms with Crippen LogP contribution >= 0.6 is 0 Å². The van der Waals surface area contributed by atoms with Crippen LogP contribution in [0.15, 0.2) is 4.52 Å². The lowest BCUT2D eigenvalue weighted by Gasteiger charge is -2.33. The molecule has 18 heavy (non-hydrogen) atoms. The van der Waals surface area contributed by atoms with Crippen LogP contribution in [0.4, 0.5) is 0 Å². The summed E-state index contributed by atoms with van der Waals surface area (Å²) in [4.78, 5) is 19.5. The minimum atomic E-state index is 0.136. The van der Waals surface area contributed by atoms with Crippen LogP contribution in [-0.4, -0.2) is 59.1 Å². The molecule has 0 N–H and O–H groups in total. The fourth-order valence-electron chi connectivity index (χ4n) is 1.96. The molecule has 100 valence electrons. The summed E-state index contributed by atoms with van der Waals surface area (Å²) in [5.41, 5.74) is 0. The van der Waals surface area contributed by atoms with E-state index in [0.717, 1.165) is 26.2 Å². The van der Waals surface area contributed by atoms with E-state index < -0.39 is 0 Å². The zero-order chi connectivity index (χ0) is 13.0. The summed E-state index contributed by atoms with van der Waals surface area (Å²) >= 11 is 0. The Hall–Kier alpha value is -1.47. The molecule has 1 aromatic rings. The van der Waals surface area contributed by atoms with Gasteiger partial charge in [0.15, 0.2) is 5.82 Å². The van der Waals surface area contributed by atoms with Crippen molar-refractivity contribution >= 4 is 5.91 Å². The average Bonchev–Trinajstić information content (AvgIpc) is 2.78. The predicted octanol–water partition coefficient (Wildman–Crippen LogP) is -0.120. The molecule has 0 aromatic carbocycles. The Kier molecular flexibility index (Phi) is 4.27. The molecule has 1 aliphatic rings. The van der Waals surface area contributed by atoms with Gasteiger partial charge in [-0.3, -0.25) is 9.69 Å². The van der Waals surface area contributed by atoms with Gasteiger partial charge in [0, 0.05) is 40.2 Å². The van der Waals surface area contributed by atoms with E-state index in [2.05, 4.69) is 15.0 Å². The molecule has 0 radical (unpaired) electrons. The molecular formula is C11H18N4O3. The van der Waals surface area contributed by atoms with Crippen molar-refractivity contribution in [1.29, 1.82) is 0 Å². The fourth-order valence-corrected chi connectivity index (χ4v) is 1.96. The Morgan fingerprint density at radius 3 is 2.72 bits per heavy atom. The third-order valence-electron chi connectivity index (χ3n) is 2.96. The van der Waals surface area contributed by atoms with Crippen molar-refractivity contribution < 1.29 is 14.1 Å². The van der Waals surface area contributed by atoms with E-state index in [0.29, 0.717) is 24.9 Å².